The Morgan fingerprint density at radius 1 is 0.920 bits per heavy atom. The molecule has 1 heterocycles. The molecule has 1 aromatic heterocycles. The fourth-order valence-corrected chi connectivity index (χ4v) is 2.28. The maximum Gasteiger partial charge on any atom is 0.319 e. The molecule has 0 saturated heterocycles. The van der Waals surface area contributed by atoms with Gasteiger partial charge in [-0.2, -0.15) is 0 Å². The van der Waals surface area contributed by atoms with Crippen LogP contribution in [0.25, 0.3) is 0 Å². The minimum Gasteiger partial charge on any atom is -0.457 e. The molecule has 0 aliphatic carbocycles. The van der Waals surface area contributed by atoms with E-state index in [1.54, 1.807) is 12.1 Å². The van der Waals surface area contributed by atoms with Crippen LogP contribution in [-0.4, -0.2) is 11.0 Å². The molecule has 0 bridgehead atoms. The van der Waals surface area contributed by atoms with Gasteiger partial charge in [0.2, 0.25) is 0 Å². The number of hydrogen-bond donors (Lipinski definition) is 2. The molecular weight excluding hydrogens is 314 g/mol. The van der Waals surface area contributed by atoms with Crippen LogP contribution >= 0.6 is 0 Å². The van der Waals surface area contributed by atoms with Crippen LogP contribution in [0.1, 0.15) is 11.4 Å². The van der Waals surface area contributed by atoms with Gasteiger partial charge in [-0.05, 0) is 55.5 Å². The first-order valence-corrected chi connectivity index (χ1v) is 7.99. The highest BCUT2D eigenvalue weighted by Gasteiger charge is 2.03. The number of para-hydroxylation sites is 1. The van der Waals surface area contributed by atoms with E-state index in [0.717, 1.165) is 17.1 Å². The number of nitrogens with zero attached hydrogens (tertiary/aromatic N) is 1. The molecule has 3 aromatic rings. The van der Waals surface area contributed by atoms with Crippen LogP contribution in [0.2, 0.25) is 0 Å². The van der Waals surface area contributed by atoms with Crippen LogP contribution < -0.4 is 15.4 Å². The number of anilines is 1. The molecule has 25 heavy (non-hydrogen) atoms. The highest BCUT2D eigenvalue weighted by molar-refractivity contribution is 5.89. The summed E-state index contributed by atoms with van der Waals surface area (Å²) < 4.78 is 5.72. The van der Waals surface area contributed by atoms with Crippen LogP contribution in [-0.2, 0) is 6.54 Å². The third-order valence-electron chi connectivity index (χ3n) is 3.47. The number of pyridine rings is 1. The summed E-state index contributed by atoms with van der Waals surface area (Å²) in [5.74, 6) is 1.48. The number of aryl methyl sites for hydroxylation is 1. The van der Waals surface area contributed by atoms with Gasteiger partial charge >= 0.3 is 6.03 Å². The molecule has 3 rings (SSSR count). The van der Waals surface area contributed by atoms with Gasteiger partial charge in [0.15, 0.2) is 0 Å². The van der Waals surface area contributed by atoms with Gasteiger partial charge in [-0.1, -0.05) is 24.3 Å². The van der Waals surface area contributed by atoms with Crippen molar-refractivity contribution in [3.63, 3.8) is 0 Å². The number of carbonyl (C=O) groups excluding carboxylic acids is 1. The topological polar surface area (TPSA) is 63.2 Å². The summed E-state index contributed by atoms with van der Waals surface area (Å²) in [5.41, 5.74) is 2.44. The summed E-state index contributed by atoms with van der Waals surface area (Å²) in [5, 5.41) is 5.57. The Labute approximate surface area is 146 Å². The number of benzene rings is 2. The van der Waals surface area contributed by atoms with Crippen LogP contribution in [0.3, 0.4) is 0 Å². The summed E-state index contributed by atoms with van der Waals surface area (Å²) in [7, 11) is 0. The second kappa shape index (κ2) is 7.97. The van der Waals surface area contributed by atoms with E-state index in [0.29, 0.717) is 18.0 Å². The highest BCUT2D eigenvalue weighted by Crippen LogP contribution is 2.22. The van der Waals surface area contributed by atoms with E-state index in [1.165, 1.54) is 0 Å². The van der Waals surface area contributed by atoms with Gasteiger partial charge in [0.1, 0.15) is 11.5 Å². The molecular formula is C20H19N3O2. The highest BCUT2D eigenvalue weighted by atomic mass is 16.5. The quantitative estimate of drug-likeness (QED) is 0.722. The van der Waals surface area contributed by atoms with E-state index in [1.807, 2.05) is 67.6 Å². The number of hydrogen-bond acceptors (Lipinski definition) is 3. The zero-order chi connectivity index (χ0) is 17.5. The lowest BCUT2D eigenvalue weighted by atomic mass is 10.3. The minimum absolute atomic E-state index is 0.278. The zero-order valence-corrected chi connectivity index (χ0v) is 13.9. The third-order valence-corrected chi connectivity index (χ3v) is 3.47. The van der Waals surface area contributed by atoms with Crippen molar-refractivity contribution in [3.8, 4) is 11.5 Å². The third kappa shape index (κ3) is 5.07. The van der Waals surface area contributed by atoms with E-state index in [2.05, 4.69) is 15.6 Å². The smallest absolute Gasteiger partial charge is 0.319 e. The van der Waals surface area contributed by atoms with Gasteiger partial charge in [-0.3, -0.25) is 4.98 Å². The maximum atomic E-state index is 12.0. The number of nitrogens with one attached hydrogen (secondary N) is 2. The first-order chi connectivity index (χ1) is 12.2. The number of ether oxygens (including phenoxy) is 1. The molecule has 0 fully saturated rings. The Kier molecular flexibility index (Phi) is 5.26. The Balaban J connectivity index is 1.51. The Hall–Kier alpha value is -3.34. The molecule has 5 heteroatoms. The molecule has 0 aliphatic rings. The lowest BCUT2D eigenvalue weighted by Crippen LogP contribution is -2.28. The molecule has 0 saturated carbocycles. The monoisotopic (exact) mass is 333 g/mol. The Morgan fingerprint density at radius 3 is 2.36 bits per heavy atom. The van der Waals surface area contributed by atoms with E-state index in [-0.39, 0.29) is 6.03 Å². The second-order valence-corrected chi connectivity index (χ2v) is 5.52. The predicted octanol–water partition coefficient (Wildman–Crippen LogP) is 4.50. The molecule has 5 nitrogen and oxygen atoms in total. The molecule has 126 valence electrons. The lowest BCUT2D eigenvalue weighted by Gasteiger charge is -2.09. The van der Waals surface area contributed by atoms with E-state index in [9.17, 15) is 4.79 Å². The van der Waals surface area contributed by atoms with Crippen molar-refractivity contribution in [2.45, 2.75) is 13.5 Å². The Bertz CT molecular complexity index is 833. The fraction of sp³-hybridized carbons (Fsp3) is 0.100. The predicted molar refractivity (Wildman–Crippen MR) is 97.8 cm³/mol. The Morgan fingerprint density at radius 2 is 1.64 bits per heavy atom. The molecule has 0 atom stereocenters. The summed E-state index contributed by atoms with van der Waals surface area (Å²) >= 11 is 0. The molecule has 0 radical (unpaired) electrons. The SMILES string of the molecule is Cc1cccc(CNC(=O)Nc2ccc(Oc3ccccc3)cc2)n1. The van der Waals surface area contributed by atoms with Crippen molar-refractivity contribution >= 4 is 11.7 Å². The van der Waals surface area contributed by atoms with Crippen molar-refractivity contribution in [1.29, 1.82) is 0 Å². The number of urea groups is 1. The number of aromatic nitrogens is 1. The van der Waals surface area contributed by atoms with E-state index in [4.69, 9.17) is 4.74 Å². The minimum atomic E-state index is -0.278. The number of carbonyl (C=O) groups is 1. The molecule has 2 N–H and O–H groups in total. The molecule has 2 amide bonds. The summed E-state index contributed by atoms with van der Waals surface area (Å²) in [6.45, 7) is 2.30. The first-order valence-electron chi connectivity index (χ1n) is 7.99. The van der Waals surface area contributed by atoms with Gasteiger partial charge in [0.05, 0.1) is 12.2 Å². The lowest BCUT2D eigenvalue weighted by molar-refractivity contribution is 0.251. The van der Waals surface area contributed by atoms with Gasteiger partial charge < -0.3 is 15.4 Å². The van der Waals surface area contributed by atoms with Crippen molar-refractivity contribution in [2.24, 2.45) is 0 Å². The van der Waals surface area contributed by atoms with Gasteiger partial charge in [-0.25, -0.2) is 4.79 Å². The van der Waals surface area contributed by atoms with Crippen LogP contribution in [0.5, 0.6) is 11.5 Å². The molecule has 0 unspecified atom stereocenters. The van der Waals surface area contributed by atoms with Crippen molar-refractivity contribution in [3.05, 3.63) is 84.2 Å². The average Bonchev–Trinajstić information content (AvgIpc) is 2.63. The first kappa shape index (κ1) is 16.5. The van der Waals surface area contributed by atoms with Gasteiger partial charge in [0, 0.05) is 11.4 Å². The summed E-state index contributed by atoms with van der Waals surface area (Å²) in [6.07, 6.45) is 0. The van der Waals surface area contributed by atoms with Crippen molar-refractivity contribution < 1.29 is 9.53 Å². The summed E-state index contributed by atoms with van der Waals surface area (Å²) in [4.78, 5) is 16.3. The number of amides is 2. The van der Waals surface area contributed by atoms with Crippen LogP contribution in [0, 0.1) is 6.92 Å². The van der Waals surface area contributed by atoms with Crippen molar-refractivity contribution in [2.75, 3.05) is 5.32 Å². The standard InChI is InChI=1S/C20H19N3O2/c1-15-6-5-7-17(22-15)14-21-20(24)23-16-10-12-19(13-11-16)25-18-8-3-2-4-9-18/h2-13H,14H2,1H3,(H2,21,23,24). The maximum absolute atomic E-state index is 12.0. The zero-order valence-electron chi connectivity index (χ0n) is 13.9. The largest absolute Gasteiger partial charge is 0.457 e. The molecule has 0 aliphatic heterocycles. The van der Waals surface area contributed by atoms with Crippen LogP contribution in [0.4, 0.5) is 10.5 Å². The van der Waals surface area contributed by atoms with E-state index < -0.39 is 0 Å². The average molecular weight is 333 g/mol. The normalized spacial score (nSPS) is 10.1. The van der Waals surface area contributed by atoms with E-state index >= 15 is 0 Å². The summed E-state index contributed by atoms with van der Waals surface area (Å²) in [6, 6.07) is 22.2. The molecule has 2 aromatic carbocycles. The fourth-order valence-electron chi connectivity index (χ4n) is 2.28. The van der Waals surface area contributed by atoms with Gasteiger partial charge in [0.25, 0.3) is 0 Å². The number of rotatable bonds is 5. The van der Waals surface area contributed by atoms with Crippen LogP contribution in [0.15, 0.2) is 72.8 Å². The molecule has 0 spiro atoms. The second-order valence-electron chi connectivity index (χ2n) is 5.52. The van der Waals surface area contributed by atoms with Crippen molar-refractivity contribution in [1.82, 2.24) is 10.3 Å². The van der Waals surface area contributed by atoms with Gasteiger partial charge in [-0.15, -0.1) is 0 Å².